The van der Waals surface area contributed by atoms with Gasteiger partial charge in [0.2, 0.25) is 5.91 Å². The minimum atomic E-state index is 0.233. The molecular formula is C8H16N2OS. The summed E-state index contributed by atoms with van der Waals surface area (Å²) in [6.45, 7) is 4.66. The highest BCUT2D eigenvalue weighted by molar-refractivity contribution is 8.00. The van der Waals surface area contributed by atoms with Gasteiger partial charge in [0.15, 0.2) is 0 Å². The molecule has 0 aromatic heterocycles. The third-order valence-electron chi connectivity index (χ3n) is 2.05. The Balaban J connectivity index is 2.66. The van der Waals surface area contributed by atoms with Crippen LogP contribution in [0.4, 0.5) is 0 Å². The van der Waals surface area contributed by atoms with Crippen molar-refractivity contribution in [2.75, 3.05) is 18.1 Å². The molecule has 1 amide bonds. The number of carbonyl (C=O) groups is 1. The molecule has 1 unspecified atom stereocenters. The Bertz CT molecular complexity index is 172. The highest BCUT2D eigenvalue weighted by atomic mass is 32.2. The lowest BCUT2D eigenvalue weighted by Crippen LogP contribution is -2.53. The lowest BCUT2D eigenvalue weighted by Gasteiger charge is -2.37. The third-order valence-corrected chi connectivity index (χ3v) is 3.12. The molecule has 1 saturated heterocycles. The molecule has 0 spiro atoms. The number of thioether (sulfide) groups is 1. The molecular weight excluding hydrogens is 172 g/mol. The quantitative estimate of drug-likeness (QED) is 0.678. The first-order valence-corrected chi connectivity index (χ1v) is 5.41. The first-order valence-electron chi connectivity index (χ1n) is 4.25. The molecule has 1 atom stereocenters. The van der Waals surface area contributed by atoms with Crippen LogP contribution in [-0.4, -0.2) is 40.9 Å². The highest BCUT2D eigenvalue weighted by Crippen LogP contribution is 2.18. The van der Waals surface area contributed by atoms with E-state index >= 15 is 0 Å². The number of rotatable bonds is 2. The number of nitrogens with two attached hydrogens (primary N) is 1. The lowest BCUT2D eigenvalue weighted by atomic mass is 10.2. The van der Waals surface area contributed by atoms with Gasteiger partial charge in [-0.25, -0.2) is 0 Å². The Morgan fingerprint density at radius 2 is 2.42 bits per heavy atom. The van der Waals surface area contributed by atoms with Crippen LogP contribution in [0, 0.1) is 0 Å². The molecule has 0 bridgehead atoms. The van der Waals surface area contributed by atoms with Crippen molar-refractivity contribution in [3.63, 3.8) is 0 Å². The van der Waals surface area contributed by atoms with Crippen molar-refractivity contribution in [3.05, 3.63) is 0 Å². The van der Waals surface area contributed by atoms with Gasteiger partial charge in [-0.05, 0) is 13.8 Å². The van der Waals surface area contributed by atoms with Crippen LogP contribution in [0.2, 0.25) is 0 Å². The van der Waals surface area contributed by atoms with Crippen molar-refractivity contribution in [2.45, 2.75) is 25.9 Å². The molecule has 1 heterocycles. The van der Waals surface area contributed by atoms with Crippen molar-refractivity contribution in [1.82, 2.24) is 4.90 Å². The van der Waals surface area contributed by atoms with E-state index in [1.165, 1.54) is 0 Å². The molecule has 0 radical (unpaired) electrons. The van der Waals surface area contributed by atoms with Crippen molar-refractivity contribution >= 4 is 17.7 Å². The monoisotopic (exact) mass is 188 g/mol. The van der Waals surface area contributed by atoms with E-state index in [1.54, 1.807) is 11.8 Å². The van der Waals surface area contributed by atoms with Crippen LogP contribution < -0.4 is 5.73 Å². The molecule has 70 valence electrons. The fourth-order valence-electron chi connectivity index (χ4n) is 1.53. The SMILES string of the molecule is CC(C)N1C(=O)CSCC1CN. The Kier molecular flexibility index (Phi) is 3.40. The maximum Gasteiger partial charge on any atom is 0.233 e. The van der Waals surface area contributed by atoms with Gasteiger partial charge in [0.05, 0.1) is 11.8 Å². The first kappa shape index (κ1) is 9.86. The van der Waals surface area contributed by atoms with Crippen molar-refractivity contribution in [1.29, 1.82) is 0 Å². The molecule has 12 heavy (non-hydrogen) atoms. The average molecular weight is 188 g/mol. The lowest BCUT2D eigenvalue weighted by molar-refractivity contribution is -0.132. The van der Waals surface area contributed by atoms with Gasteiger partial charge in [0.1, 0.15) is 0 Å². The number of amides is 1. The standard InChI is InChI=1S/C8H16N2OS/c1-6(2)10-7(3-9)4-12-5-8(10)11/h6-7H,3-5,9H2,1-2H3. The summed E-state index contributed by atoms with van der Waals surface area (Å²) in [5.41, 5.74) is 5.59. The van der Waals surface area contributed by atoms with Gasteiger partial charge < -0.3 is 10.6 Å². The summed E-state index contributed by atoms with van der Waals surface area (Å²) in [4.78, 5) is 13.4. The predicted molar refractivity (Wildman–Crippen MR) is 52.1 cm³/mol. The van der Waals surface area contributed by atoms with E-state index in [1.807, 2.05) is 18.7 Å². The van der Waals surface area contributed by atoms with Gasteiger partial charge in [0, 0.05) is 18.3 Å². The second-order valence-electron chi connectivity index (χ2n) is 3.30. The van der Waals surface area contributed by atoms with Crippen LogP contribution in [0.15, 0.2) is 0 Å². The van der Waals surface area contributed by atoms with Crippen molar-refractivity contribution in [2.24, 2.45) is 5.73 Å². The van der Waals surface area contributed by atoms with Crippen LogP contribution in [0.1, 0.15) is 13.8 Å². The van der Waals surface area contributed by atoms with E-state index in [4.69, 9.17) is 5.73 Å². The van der Waals surface area contributed by atoms with Crippen LogP contribution >= 0.6 is 11.8 Å². The Morgan fingerprint density at radius 1 is 1.75 bits per heavy atom. The summed E-state index contributed by atoms with van der Waals surface area (Å²) in [6.07, 6.45) is 0. The zero-order valence-corrected chi connectivity index (χ0v) is 8.43. The molecule has 3 nitrogen and oxygen atoms in total. The van der Waals surface area contributed by atoms with E-state index < -0.39 is 0 Å². The molecule has 0 saturated carbocycles. The molecule has 0 aromatic carbocycles. The molecule has 1 aliphatic rings. The zero-order chi connectivity index (χ0) is 9.14. The summed E-state index contributed by atoms with van der Waals surface area (Å²) in [7, 11) is 0. The van der Waals surface area contributed by atoms with E-state index in [9.17, 15) is 4.79 Å². The summed E-state index contributed by atoms with van der Waals surface area (Å²) in [5, 5.41) is 0. The zero-order valence-electron chi connectivity index (χ0n) is 7.62. The molecule has 1 rings (SSSR count). The molecule has 0 aromatic rings. The number of carbonyl (C=O) groups excluding carboxylic acids is 1. The normalized spacial score (nSPS) is 25.2. The summed E-state index contributed by atoms with van der Waals surface area (Å²) >= 11 is 1.69. The highest BCUT2D eigenvalue weighted by Gasteiger charge is 2.28. The van der Waals surface area contributed by atoms with E-state index in [2.05, 4.69) is 0 Å². The molecule has 4 heteroatoms. The molecule has 0 aliphatic carbocycles. The van der Waals surface area contributed by atoms with Gasteiger partial charge in [-0.1, -0.05) is 0 Å². The maximum atomic E-state index is 11.5. The van der Waals surface area contributed by atoms with E-state index in [0.29, 0.717) is 12.3 Å². The van der Waals surface area contributed by atoms with Crippen molar-refractivity contribution in [3.8, 4) is 0 Å². The van der Waals surface area contributed by atoms with Gasteiger partial charge in [-0.2, -0.15) is 0 Å². The molecule has 2 N–H and O–H groups in total. The summed E-state index contributed by atoms with van der Waals surface area (Å²) in [6, 6.07) is 0.531. The predicted octanol–water partition coefficient (Wildman–Crippen LogP) is 0.297. The Hall–Kier alpha value is -0.220. The van der Waals surface area contributed by atoms with Crippen LogP contribution in [0.5, 0.6) is 0 Å². The van der Waals surface area contributed by atoms with Crippen LogP contribution in [-0.2, 0) is 4.79 Å². The first-order chi connectivity index (χ1) is 5.66. The average Bonchev–Trinajstić information content (AvgIpc) is 2.03. The number of nitrogens with zero attached hydrogens (tertiary/aromatic N) is 1. The largest absolute Gasteiger partial charge is 0.334 e. The maximum absolute atomic E-state index is 11.5. The van der Waals surface area contributed by atoms with Gasteiger partial charge in [-0.3, -0.25) is 4.79 Å². The van der Waals surface area contributed by atoms with E-state index in [0.717, 1.165) is 5.75 Å². The van der Waals surface area contributed by atoms with E-state index in [-0.39, 0.29) is 18.0 Å². The number of hydrogen-bond acceptors (Lipinski definition) is 3. The van der Waals surface area contributed by atoms with Crippen LogP contribution in [0.25, 0.3) is 0 Å². The minimum absolute atomic E-state index is 0.233. The van der Waals surface area contributed by atoms with Crippen LogP contribution in [0.3, 0.4) is 0 Å². The van der Waals surface area contributed by atoms with Gasteiger partial charge in [-0.15, -0.1) is 11.8 Å². The second kappa shape index (κ2) is 4.14. The third kappa shape index (κ3) is 1.93. The fourth-order valence-corrected chi connectivity index (χ4v) is 2.54. The van der Waals surface area contributed by atoms with Crippen molar-refractivity contribution < 1.29 is 4.79 Å². The van der Waals surface area contributed by atoms with Gasteiger partial charge >= 0.3 is 0 Å². The van der Waals surface area contributed by atoms with Gasteiger partial charge in [0.25, 0.3) is 0 Å². The molecule has 1 aliphatic heterocycles. The number of hydrogen-bond donors (Lipinski definition) is 1. The molecule has 1 fully saturated rings. The smallest absolute Gasteiger partial charge is 0.233 e. The minimum Gasteiger partial charge on any atom is -0.334 e. The Labute approximate surface area is 77.7 Å². The summed E-state index contributed by atoms with van der Waals surface area (Å²) in [5.74, 6) is 1.84. The Morgan fingerprint density at radius 3 is 2.83 bits per heavy atom. The fraction of sp³-hybridized carbons (Fsp3) is 0.875. The summed E-state index contributed by atoms with van der Waals surface area (Å²) < 4.78 is 0. The second-order valence-corrected chi connectivity index (χ2v) is 4.33. The topological polar surface area (TPSA) is 46.3 Å².